The number of amides is 1. The maximum Gasteiger partial charge on any atom is 0.416 e. The van der Waals surface area contributed by atoms with E-state index in [2.05, 4.69) is 39.5 Å². The van der Waals surface area contributed by atoms with Gasteiger partial charge in [0, 0.05) is 51.3 Å². The van der Waals surface area contributed by atoms with E-state index >= 15 is 0 Å². The lowest BCUT2D eigenvalue weighted by atomic mass is 9.93. The summed E-state index contributed by atoms with van der Waals surface area (Å²) in [6.07, 6.45) is 0.621. The van der Waals surface area contributed by atoms with Gasteiger partial charge in [-0.05, 0) is 74.3 Å². The van der Waals surface area contributed by atoms with Crippen molar-refractivity contribution >= 4 is 22.9 Å². The van der Waals surface area contributed by atoms with Gasteiger partial charge < -0.3 is 33.5 Å². The van der Waals surface area contributed by atoms with E-state index in [-0.39, 0.29) is 11.8 Å². The summed E-state index contributed by atoms with van der Waals surface area (Å²) in [5, 5.41) is 0. The lowest BCUT2D eigenvalue weighted by Gasteiger charge is -2.28. The summed E-state index contributed by atoms with van der Waals surface area (Å²) >= 11 is 0. The van der Waals surface area contributed by atoms with Crippen LogP contribution in [0.2, 0.25) is 0 Å². The van der Waals surface area contributed by atoms with Crippen molar-refractivity contribution in [2.75, 3.05) is 72.5 Å². The van der Waals surface area contributed by atoms with Crippen LogP contribution in [0.4, 0.5) is 19.1 Å². The Morgan fingerprint density at radius 2 is 1.61 bits per heavy atom. The summed E-state index contributed by atoms with van der Waals surface area (Å²) in [7, 11) is 6.18. The van der Waals surface area contributed by atoms with Crippen LogP contribution in [0, 0.1) is 0 Å². The number of methoxy groups -OCH3 is 3. The summed E-state index contributed by atoms with van der Waals surface area (Å²) in [4.78, 5) is 25.2. The molecule has 0 aliphatic carbocycles. The Morgan fingerprint density at radius 3 is 2.25 bits per heavy atom. The van der Waals surface area contributed by atoms with Crippen LogP contribution in [-0.4, -0.2) is 92.9 Å². The highest BCUT2D eigenvalue weighted by Gasteiger charge is 2.31. The Hall–Kier alpha value is -4.45. The predicted molar refractivity (Wildman–Crippen MR) is 194 cm³/mol. The van der Waals surface area contributed by atoms with Crippen molar-refractivity contribution in [1.82, 2.24) is 19.4 Å². The second-order valence-electron chi connectivity index (χ2n) is 13.1. The maximum atomic E-state index is 13.7. The molecular formula is C39H50F3N5O4. The van der Waals surface area contributed by atoms with Gasteiger partial charge in [-0.15, -0.1) is 0 Å². The maximum absolute atomic E-state index is 13.7. The first kappa shape index (κ1) is 37.8. The van der Waals surface area contributed by atoms with Crippen LogP contribution >= 0.6 is 0 Å². The Bertz CT molecular complexity index is 1720. The van der Waals surface area contributed by atoms with Gasteiger partial charge in [0.25, 0.3) is 5.91 Å². The molecular weight excluding hydrogens is 659 g/mol. The summed E-state index contributed by atoms with van der Waals surface area (Å²) in [5.74, 6) is 1.65. The third kappa shape index (κ3) is 9.08. The molecule has 5 rings (SSSR count). The molecule has 0 N–H and O–H groups in total. The van der Waals surface area contributed by atoms with Gasteiger partial charge in [-0.1, -0.05) is 44.0 Å². The van der Waals surface area contributed by atoms with Gasteiger partial charge in [0.1, 0.15) is 0 Å². The number of halogens is 3. The van der Waals surface area contributed by atoms with Crippen molar-refractivity contribution in [1.29, 1.82) is 0 Å². The third-order valence-corrected chi connectivity index (χ3v) is 9.75. The SMILES string of the molecule is CCCCCn1c(N2CCCN(CCC(CN(C)C(=O)c3cc(OC)c(OC)c(OC)c3)c3ccc(C(F)(F)F)cc3)CC2)nc2ccccc21. The fourth-order valence-electron chi connectivity index (χ4n) is 6.92. The second-order valence-corrected chi connectivity index (χ2v) is 13.1. The molecule has 3 aromatic carbocycles. The average molecular weight is 710 g/mol. The summed E-state index contributed by atoms with van der Waals surface area (Å²) in [5.41, 5.74) is 2.58. The minimum absolute atomic E-state index is 0.203. The van der Waals surface area contributed by atoms with Crippen LogP contribution in [0.15, 0.2) is 60.7 Å². The van der Waals surface area contributed by atoms with Crippen LogP contribution in [0.25, 0.3) is 11.0 Å². The van der Waals surface area contributed by atoms with E-state index in [0.29, 0.717) is 35.8 Å². The summed E-state index contributed by atoms with van der Waals surface area (Å²) in [6.45, 7) is 7.63. The number of ether oxygens (including phenoxy) is 3. The number of unbranched alkanes of at least 4 members (excludes halogenated alkanes) is 2. The van der Waals surface area contributed by atoms with Crippen molar-refractivity contribution in [3.8, 4) is 17.2 Å². The van der Waals surface area contributed by atoms with Gasteiger partial charge in [-0.3, -0.25) is 4.79 Å². The third-order valence-electron chi connectivity index (χ3n) is 9.75. The van der Waals surface area contributed by atoms with Crippen LogP contribution in [0.3, 0.4) is 0 Å². The van der Waals surface area contributed by atoms with Gasteiger partial charge in [0.15, 0.2) is 11.5 Å². The number of benzene rings is 3. The van der Waals surface area contributed by atoms with Crippen molar-refractivity contribution in [3.05, 3.63) is 77.4 Å². The molecule has 0 radical (unpaired) electrons. The minimum atomic E-state index is -4.43. The van der Waals surface area contributed by atoms with Gasteiger partial charge in [0.2, 0.25) is 11.7 Å². The molecule has 12 heteroatoms. The molecule has 1 saturated heterocycles. The fourth-order valence-corrected chi connectivity index (χ4v) is 6.92. The lowest BCUT2D eigenvalue weighted by Crippen LogP contribution is -2.35. The number of likely N-dealkylation sites (N-methyl/N-ethyl adjacent to an activating group) is 1. The predicted octanol–water partition coefficient (Wildman–Crippen LogP) is 7.73. The molecule has 1 fully saturated rings. The van der Waals surface area contributed by atoms with E-state index in [1.807, 2.05) is 6.07 Å². The normalized spacial score (nSPS) is 14.7. The van der Waals surface area contributed by atoms with Crippen LogP contribution in [0.1, 0.15) is 66.4 Å². The average Bonchev–Trinajstić information content (AvgIpc) is 3.33. The molecule has 0 spiro atoms. The van der Waals surface area contributed by atoms with Gasteiger partial charge >= 0.3 is 6.18 Å². The van der Waals surface area contributed by atoms with Crippen molar-refractivity contribution < 1.29 is 32.2 Å². The number of carbonyl (C=O) groups excluding carboxylic acids is 1. The molecule has 1 aliphatic rings. The van der Waals surface area contributed by atoms with Crippen LogP contribution in [0.5, 0.6) is 17.2 Å². The molecule has 2 heterocycles. The summed E-state index contributed by atoms with van der Waals surface area (Å²) in [6, 6.07) is 16.9. The number of fused-ring (bicyclic) bond motifs is 1. The molecule has 0 saturated carbocycles. The number of rotatable bonds is 15. The quantitative estimate of drug-likeness (QED) is 0.117. The molecule has 1 aliphatic heterocycles. The number of alkyl halides is 3. The highest BCUT2D eigenvalue weighted by Crippen LogP contribution is 2.39. The highest BCUT2D eigenvalue weighted by atomic mass is 19.4. The number of aryl methyl sites for hydroxylation is 1. The topological polar surface area (TPSA) is 72.3 Å². The largest absolute Gasteiger partial charge is 0.493 e. The number of hydrogen-bond acceptors (Lipinski definition) is 7. The number of anilines is 1. The first-order valence-electron chi connectivity index (χ1n) is 17.7. The van der Waals surface area contributed by atoms with E-state index in [4.69, 9.17) is 19.2 Å². The Balaban J connectivity index is 1.31. The molecule has 9 nitrogen and oxygen atoms in total. The number of imidazole rings is 1. The standard InChI is InChI=1S/C39H50F3N5O4/c1-6-7-10-21-47-33-13-9-8-12-32(33)43-38(47)46-20-11-19-45(23-24-46)22-18-29(28-14-16-31(17-15-28)39(40,41)42)27-44(2)37(48)30-25-34(49-3)36(51-5)35(26-30)50-4/h8-9,12-17,25-26,29H,6-7,10-11,18-24,27H2,1-5H3. The van der Waals surface area contributed by atoms with Gasteiger partial charge in [-0.25, -0.2) is 4.98 Å². The molecule has 276 valence electrons. The molecule has 0 bridgehead atoms. The van der Waals surface area contributed by atoms with Gasteiger partial charge in [-0.2, -0.15) is 13.2 Å². The van der Waals surface area contributed by atoms with E-state index in [1.54, 1.807) is 36.2 Å². The Morgan fingerprint density at radius 1 is 0.902 bits per heavy atom. The van der Waals surface area contributed by atoms with E-state index in [0.717, 1.165) is 93.2 Å². The van der Waals surface area contributed by atoms with Crippen LogP contribution < -0.4 is 19.1 Å². The first-order valence-corrected chi connectivity index (χ1v) is 17.7. The molecule has 1 unspecified atom stereocenters. The number of nitrogens with zero attached hydrogens (tertiary/aromatic N) is 5. The minimum Gasteiger partial charge on any atom is -0.493 e. The fraction of sp³-hybridized carbons (Fsp3) is 0.487. The second kappa shape index (κ2) is 17.2. The van der Waals surface area contributed by atoms with E-state index < -0.39 is 11.7 Å². The molecule has 1 aromatic heterocycles. The zero-order valence-electron chi connectivity index (χ0n) is 30.3. The monoisotopic (exact) mass is 709 g/mol. The van der Waals surface area contributed by atoms with Crippen molar-refractivity contribution in [2.24, 2.45) is 0 Å². The summed E-state index contributed by atoms with van der Waals surface area (Å²) < 4.78 is 59.0. The number of carbonyl (C=O) groups is 1. The molecule has 1 amide bonds. The van der Waals surface area contributed by atoms with Crippen LogP contribution in [-0.2, 0) is 12.7 Å². The molecule has 4 aromatic rings. The smallest absolute Gasteiger partial charge is 0.416 e. The Kier molecular flexibility index (Phi) is 12.7. The van der Waals surface area contributed by atoms with E-state index in [9.17, 15) is 18.0 Å². The van der Waals surface area contributed by atoms with Crippen molar-refractivity contribution in [3.63, 3.8) is 0 Å². The van der Waals surface area contributed by atoms with Crippen molar-refractivity contribution in [2.45, 2.75) is 57.7 Å². The highest BCUT2D eigenvalue weighted by molar-refractivity contribution is 5.95. The number of aromatic nitrogens is 2. The Labute approximate surface area is 298 Å². The molecule has 1 atom stereocenters. The zero-order valence-corrected chi connectivity index (χ0v) is 30.3. The van der Waals surface area contributed by atoms with Gasteiger partial charge in [0.05, 0.1) is 37.9 Å². The lowest BCUT2D eigenvalue weighted by molar-refractivity contribution is -0.137. The zero-order chi connectivity index (χ0) is 36.5. The van der Waals surface area contributed by atoms with E-state index in [1.165, 1.54) is 27.8 Å². The first-order chi connectivity index (χ1) is 24.6. The molecule has 51 heavy (non-hydrogen) atoms. The number of hydrogen-bond donors (Lipinski definition) is 0. The number of para-hydroxylation sites is 2.